The first-order valence-electron chi connectivity index (χ1n) is 15.2. The van der Waals surface area contributed by atoms with Gasteiger partial charge in [-0.3, -0.25) is 24.1 Å². The number of hydrogen-bond acceptors (Lipinski definition) is 7. The molecule has 10 nitrogen and oxygen atoms in total. The summed E-state index contributed by atoms with van der Waals surface area (Å²) in [6, 6.07) is 9.00. The topological polar surface area (TPSA) is 103 Å². The number of fused-ring (bicyclic) bond motifs is 3. The van der Waals surface area contributed by atoms with Crippen LogP contribution < -0.4 is 5.32 Å². The van der Waals surface area contributed by atoms with E-state index in [1.165, 1.54) is 0 Å². The lowest BCUT2D eigenvalue weighted by Crippen LogP contribution is -2.55. The Morgan fingerprint density at radius 2 is 1.77 bits per heavy atom. The summed E-state index contributed by atoms with van der Waals surface area (Å²) in [6.07, 6.45) is 5.15. The quantitative estimate of drug-likeness (QED) is 0.517. The number of β-amino-alcohol motifs (C(OH)–C–C–N with tert-alkyl or cyclic N) is 1. The van der Waals surface area contributed by atoms with Gasteiger partial charge < -0.3 is 20.1 Å². The van der Waals surface area contributed by atoms with Gasteiger partial charge in [-0.1, -0.05) is 18.2 Å². The molecule has 5 heterocycles. The number of carbonyl (C=O) groups excluding carboxylic acids is 2. The summed E-state index contributed by atoms with van der Waals surface area (Å²) < 4.78 is 7.50. The van der Waals surface area contributed by atoms with Crippen LogP contribution in [0.3, 0.4) is 0 Å². The number of benzene rings is 1. The molecule has 0 saturated carbocycles. The minimum Gasteiger partial charge on any atom is -0.390 e. The maximum Gasteiger partial charge on any atom is 0.272 e. The highest BCUT2D eigenvalue weighted by molar-refractivity contribution is 6.05. The maximum absolute atomic E-state index is 13.3. The van der Waals surface area contributed by atoms with Crippen LogP contribution in [0.4, 0.5) is 0 Å². The molecule has 4 atom stereocenters. The average Bonchev–Trinajstić information content (AvgIpc) is 3.66. The van der Waals surface area contributed by atoms with Crippen LogP contribution in [0.5, 0.6) is 0 Å². The van der Waals surface area contributed by atoms with E-state index >= 15 is 0 Å². The Hall–Kier alpha value is -2.53. The second-order valence-corrected chi connectivity index (χ2v) is 12.4. The van der Waals surface area contributed by atoms with E-state index in [4.69, 9.17) is 4.74 Å². The molecule has 4 aliphatic heterocycles. The molecule has 10 heteroatoms. The van der Waals surface area contributed by atoms with Gasteiger partial charge in [0.1, 0.15) is 6.10 Å². The number of aliphatic hydroxyl groups is 1. The van der Waals surface area contributed by atoms with Gasteiger partial charge in [-0.15, -0.1) is 0 Å². The fraction of sp³-hybridized carbons (Fsp3) is 0.700. The predicted molar refractivity (Wildman–Crippen MR) is 152 cm³/mol. The van der Waals surface area contributed by atoms with Crippen LogP contribution in [0.25, 0.3) is 10.9 Å². The fourth-order valence-corrected chi connectivity index (χ4v) is 7.32. The lowest BCUT2D eigenvalue weighted by molar-refractivity contribution is -0.142. The number of rotatable bonds is 8. The van der Waals surface area contributed by atoms with E-state index < -0.39 is 6.10 Å². The minimum atomic E-state index is -0.430. The SMILES string of the molecule is CC(C)n1nc(C(=O)NC2C[C@@H]3CC[C@@H](C2)N3CC(O)CN2CCN(C(=O)C3CCCO3)CC2)c2ccccc21. The number of hydrogen-bond donors (Lipinski definition) is 2. The third-order valence-corrected chi connectivity index (χ3v) is 9.32. The second-order valence-electron chi connectivity index (χ2n) is 12.4. The van der Waals surface area contributed by atoms with Crippen molar-refractivity contribution < 1.29 is 19.4 Å². The second kappa shape index (κ2) is 11.8. The van der Waals surface area contributed by atoms with Crippen LogP contribution in [-0.4, -0.2) is 118 Å². The molecule has 0 spiro atoms. The fourth-order valence-electron chi connectivity index (χ4n) is 7.32. The van der Waals surface area contributed by atoms with Crippen molar-refractivity contribution in [2.24, 2.45) is 0 Å². The average molecular weight is 553 g/mol. The molecule has 2 amide bonds. The van der Waals surface area contributed by atoms with Crippen molar-refractivity contribution in [1.29, 1.82) is 0 Å². The van der Waals surface area contributed by atoms with Gasteiger partial charge in [0.2, 0.25) is 0 Å². The number of amides is 2. The summed E-state index contributed by atoms with van der Waals surface area (Å²) in [5, 5.41) is 19.9. The highest BCUT2D eigenvalue weighted by Gasteiger charge is 2.42. The van der Waals surface area contributed by atoms with Crippen molar-refractivity contribution in [3.8, 4) is 0 Å². The minimum absolute atomic E-state index is 0.0920. The van der Waals surface area contributed by atoms with Gasteiger partial charge in [-0.05, 0) is 58.4 Å². The Kier molecular flexibility index (Phi) is 8.12. The molecule has 4 saturated heterocycles. The van der Waals surface area contributed by atoms with Crippen LogP contribution in [0.1, 0.15) is 68.9 Å². The molecule has 2 unspecified atom stereocenters. The smallest absolute Gasteiger partial charge is 0.272 e. The monoisotopic (exact) mass is 552 g/mol. The van der Waals surface area contributed by atoms with E-state index in [1.807, 2.05) is 33.8 Å². The molecule has 4 fully saturated rings. The largest absolute Gasteiger partial charge is 0.390 e. The lowest BCUT2D eigenvalue weighted by Gasteiger charge is -2.41. The van der Waals surface area contributed by atoms with Crippen LogP contribution >= 0.6 is 0 Å². The number of aliphatic hydroxyl groups excluding tert-OH is 1. The lowest BCUT2D eigenvalue weighted by atomic mass is 9.96. The molecule has 4 aliphatic rings. The summed E-state index contributed by atoms with van der Waals surface area (Å²) >= 11 is 0. The molecule has 2 bridgehead atoms. The summed E-state index contributed by atoms with van der Waals surface area (Å²) in [5.41, 5.74) is 1.49. The Morgan fingerprint density at radius 1 is 1.05 bits per heavy atom. The van der Waals surface area contributed by atoms with E-state index in [1.54, 1.807) is 0 Å². The Bertz CT molecular complexity index is 1190. The number of nitrogens with zero attached hydrogens (tertiary/aromatic N) is 5. The van der Waals surface area contributed by atoms with Gasteiger partial charge in [0, 0.05) is 75.4 Å². The van der Waals surface area contributed by atoms with E-state index in [0.29, 0.717) is 50.6 Å². The van der Waals surface area contributed by atoms with Gasteiger partial charge in [0.25, 0.3) is 11.8 Å². The summed E-state index contributed by atoms with van der Waals surface area (Å²) in [7, 11) is 0. The van der Waals surface area contributed by atoms with E-state index in [-0.39, 0.29) is 30.0 Å². The van der Waals surface area contributed by atoms with Gasteiger partial charge in [-0.2, -0.15) is 5.10 Å². The molecular weight excluding hydrogens is 508 g/mol. The third-order valence-electron chi connectivity index (χ3n) is 9.32. The van der Waals surface area contributed by atoms with Gasteiger partial charge >= 0.3 is 0 Å². The first-order chi connectivity index (χ1) is 19.4. The molecule has 0 aliphatic carbocycles. The van der Waals surface area contributed by atoms with Gasteiger partial charge in [0.05, 0.1) is 11.6 Å². The van der Waals surface area contributed by atoms with Crippen molar-refractivity contribution in [3.63, 3.8) is 0 Å². The highest BCUT2D eigenvalue weighted by Crippen LogP contribution is 2.36. The molecule has 218 valence electrons. The number of nitrogens with one attached hydrogen (secondary N) is 1. The number of ether oxygens (including phenoxy) is 1. The van der Waals surface area contributed by atoms with Gasteiger partial charge in [-0.25, -0.2) is 0 Å². The standard InChI is InChI=1S/C30H44N6O4/c1-20(2)36-26-7-4-3-6-25(26)28(32-36)29(38)31-21-16-22-9-10-23(17-21)35(22)19-24(37)18-33-11-13-34(14-12-33)30(39)27-8-5-15-40-27/h3-4,6-7,20-24,27,37H,5,8-19H2,1-2H3,(H,31,38)/t22-,23-,24?,27?/m0/s1. The third kappa shape index (κ3) is 5.64. The Morgan fingerprint density at radius 3 is 2.45 bits per heavy atom. The normalized spacial score (nSPS) is 28.4. The zero-order valence-electron chi connectivity index (χ0n) is 23.9. The van der Waals surface area contributed by atoms with Crippen molar-refractivity contribution in [2.75, 3.05) is 45.9 Å². The summed E-state index contributed by atoms with van der Waals surface area (Å²) in [4.78, 5) is 32.6. The molecule has 2 N–H and O–H groups in total. The molecule has 1 aromatic heterocycles. The predicted octanol–water partition coefficient (Wildman–Crippen LogP) is 2.03. The number of carbonyl (C=O) groups is 2. The highest BCUT2D eigenvalue weighted by atomic mass is 16.5. The first-order valence-corrected chi connectivity index (χ1v) is 15.2. The Labute approximate surface area is 236 Å². The molecule has 1 aromatic carbocycles. The zero-order valence-corrected chi connectivity index (χ0v) is 23.9. The molecule has 0 radical (unpaired) electrons. The zero-order chi connectivity index (χ0) is 27.8. The van der Waals surface area contributed by atoms with Crippen LogP contribution in [0, 0.1) is 0 Å². The molecule has 40 heavy (non-hydrogen) atoms. The molecule has 6 rings (SSSR count). The van der Waals surface area contributed by atoms with Crippen molar-refractivity contribution in [1.82, 2.24) is 29.8 Å². The van der Waals surface area contributed by atoms with E-state index in [9.17, 15) is 14.7 Å². The summed E-state index contributed by atoms with van der Waals surface area (Å²) in [6.45, 7) is 9.12. The number of piperazine rings is 1. The van der Waals surface area contributed by atoms with Gasteiger partial charge in [0.15, 0.2) is 5.69 Å². The number of aromatic nitrogens is 2. The van der Waals surface area contributed by atoms with Crippen LogP contribution in [0.15, 0.2) is 24.3 Å². The van der Waals surface area contributed by atoms with Crippen molar-refractivity contribution in [2.45, 2.75) is 88.7 Å². The molecular formula is C30H44N6O4. The first kappa shape index (κ1) is 27.6. The summed E-state index contributed by atoms with van der Waals surface area (Å²) in [5.74, 6) is 0.0382. The van der Waals surface area contributed by atoms with Crippen molar-refractivity contribution >= 4 is 22.7 Å². The maximum atomic E-state index is 13.3. The van der Waals surface area contributed by atoms with E-state index in [0.717, 1.165) is 62.5 Å². The van der Waals surface area contributed by atoms with E-state index in [2.05, 4.69) is 34.1 Å². The number of para-hydroxylation sites is 1. The number of piperidine rings is 1. The van der Waals surface area contributed by atoms with Crippen LogP contribution in [0.2, 0.25) is 0 Å². The Balaban J connectivity index is 0.991. The van der Waals surface area contributed by atoms with Crippen molar-refractivity contribution in [3.05, 3.63) is 30.0 Å². The van der Waals surface area contributed by atoms with Crippen LogP contribution in [-0.2, 0) is 9.53 Å². The molecule has 2 aromatic rings.